The lowest BCUT2D eigenvalue weighted by Crippen LogP contribution is -1.80. The molecule has 2 heterocycles. The van der Waals surface area contributed by atoms with Crippen LogP contribution in [0.2, 0.25) is 0 Å². The normalized spacial score (nSPS) is 10.2. The van der Waals surface area contributed by atoms with Crippen molar-refractivity contribution >= 4 is 27.7 Å². The molecule has 1 N–H and O–H groups in total. The molecule has 6 heteroatoms. The van der Waals surface area contributed by atoms with Crippen LogP contribution in [0.5, 0.6) is 0 Å². The predicted octanol–water partition coefficient (Wildman–Crippen LogP) is 2.11. The Kier molecular flexibility index (Phi) is 2.60. The monoisotopic (exact) mass is 256 g/mol. The molecule has 0 fully saturated rings. The van der Waals surface area contributed by atoms with Gasteiger partial charge in [0.05, 0.1) is 0 Å². The predicted molar refractivity (Wildman–Crippen MR) is 52.4 cm³/mol. The van der Waals surface area contributed by atoms with Crippen LogP contribution < -0.4 is 0 Å². The smallest absolute Gasteiger partial charge is 0.189 e. The molecule has 2 aromatic rings. The molecule has 0 saturated heterocycles. The van der Waals surface area contributed by atoms with E-state index < -0.39 is 0 Å². The highest BCUT2D eigenvalue weighted by Crippen LogP contribution is 2.22. The standard InChI is InChI=1S/C7H5BrN4S/c8-5-1-2-6(9-3-5)13-7-10-4-11-12-7/h1-4H,(H,10,11,12). The van der Waals surface area contributed by atoms with Gasteiger partial charge in [-0.25, -0.2) is 9.97 Å². The third kappa shape index (κ3) is 2.28. The second-order valence-electron chi connectivity index (χ2n) is 2.21. The van der Waals surface area contributed by atoms with E-state index in [0.29, 0.717) is 0 Å². The van der Waals surface area contributed by atoms with E-state index in [4.69, 9.17) is 0 Å². The van der Waals surface area contributed by atoms with Crippen LogP contribution in [0.1, 0.15) is 0 Å². The Balaban J connectivity index is 2.15. The number of hydrogen-bond donors (Lipinski definition) is 1. The summed E-state index contributed by atoms with van der Waals surface area (Å²) >= 11 is 4.76. The molecule has 0 amide bonds. The number of pyridine rings is 1. The van der Waals surface area contributed by atoms with Crippen LogP contribution in [0.3, 0.4) is 0 Å². The fraction of sp³-hybridized carbons (Fsp3) is 0. The van der Waals surface area contributed by atoms with Crippen molar-refractivity contribution in [3.8, 4) is 0 Å². The lowest BCUT2D eigenvalue weighted by molar-refractivity contribution is 0.967. The second kappa shape index (κ2) is 3.89. The summed E-state index contributed by atoms with van der Waals surface area (Å²) in [6.07, 6.45) is 3.22. The Bertz CT molecular complexity index is 372. The van der Waals surface area contributed by atoms with Gasteiger partial charge < -0.3 is 0 Å². The Morgan fingerprint density at radius 3 is 2.85 bits per heavy atom. The summed E-state index contributed by atoms with van der Waals surface area (Å²) in [5.41, 5.74) is 0. The number of aromatic nitrogens is 4. The Hall–Kier alpha value is -0.880. The zero-order valence-corrected chi connectivity index (χ0v) is 8.84. The number of nitrogens with one attached hydrogen (secondary N) is 1. The first-order valence-electron chi connectivity index (χ1n) is 3.49. The topological polar surface area (TPSA) is 54.5 Å². The zero-order valence-electron chi connectivity index (χ0n) is 6.44. The summed E-state index contributed by atoms with van der Waals surface area (Å²) < 4.78 is 0.967. The van der Waals surface area contributed by atoms with Crippen molar-refractivity contribution in [2.75, 3.05) is 0 Å². The number of rotatable bonds is 2. The van der Waals surface area contributed by atoms with Gasteiger partial charge in [-0.3, -0.25) is 5.10 Å². The van der Waals surface area contributed by atoms with Gasteiger partial charge >= 0.3 is 0 Å². The molecule has 13 heavy (non-hydrogen) atoms. The van der Waals surface area contributed by atoms with E-state index in [9.17, 15) is 0 Å². The molecule has 0 aliphatic rings. The molecule has 66 valence electrons. The van der Waals surface area contributed by atoms with Crippen molar-refractivity contribution in [3.63, 3.8) is 0 Å². The van der Waals surface area contributed by atoms with E-state index in [2.05, 4.69) is 36.1 Å². The number of hydrogen-bond acceptors (Lipinski definition) is 4. The molecule has 0 aliphatic carbocycles. The number of aromatic amines is 1. The average molecular weight is 257 g/mol. The van der Waals surface area contributed by atoms with Gasteiger partial charge in [0.25, 0.3) is 0 Å². The van der Waals surface area contributed by atoms with Gasteiger partial charge in [0.2, 0.25) is 0 Å². The van der Waals surface area contributed by atoms with E-state index in [1.165, 1.54) is 18.1 Å². The van der Waals surface area contributed by atoms with E-state index in [-0.39, 0.29) is 0 Å². The summed E-state index contributed by atoms with van der Waals surface area (Å²) in [5.74, 6) is 0. The van der Waals surface area contributed by atoms with Crippen LogP contribution in [-0.2, 0) is 0 Å². The van der Waals surface area contributed by atoms with Gasteiger partial charge in [0.1, 0.15) is 11.4 Å². The van der Waals surface area contributed by atoms with Gasteiger partial charge in [0.15, 0.2) is 5.16 Å². The molecule has 0 saturated carbocycles. The lowest BCUT2D eigenvalue weighted by atomic mass is 10.5. The maximum Gasteiger partial charge on any atom is 0.189 e. The summed E-state index contributed by atoms with van der Waals surface area (Å²) in [6, 6.07) is 3.85. The maximum absolute atomic E-state index is 4.18. The molecule has 2 rings (SSSR count). The Labute approximate surface area is 87.3 Å². The zero-order chi connectivity index (χ0) is 9.10. The van der Waals surface area contributed by atoms with Crippen molar-refractivity contribution in [2.24, 2.45) is 0 Å². The van der Waals surface area contributed by atoms with Crippen molar-refractivity contribution in [1.29, 1.82) is 0 Å². The van der Waals surface area contributed by atoms with Crippen LogP contribution in [0.15, 0.2) is 39.3 Å². The summed E-state index contributed by atoms with van der Waals surface area (Å²) in [5, 5.41) is 8.13. The second-order valence-corrected chi connectivity index (χ2v) is 4.13. The van der Waals surface area contributed by atoms with Gasteiger partial charge in [-0.1, -0.05) is 0 Å². The van der Waals surface area contributed by atoms with Gasteiger partial charge in [-0.05, 0) is 39.8 Å². The molecule has 0 bridgehead atoms. The van der Waals surface area contributed by atoms with Crippen LogP contribution in [0.4, 0.5) is 0 Å². The van der Waals surface area contributed by atoms with Gasteiger partial charge in [0, 0.05) is 10.7 Å². The van der Waals surface area contributed by atoms with Crippen LogP contribution in [-0.4, -0.2) is 20.2 Å². The quantitative estimate of drug-likeness (QED) is 0.895. The molecule has 0 atom stereocenters. The largest absolute Gasteiger partial charge is 0.254 e. The average Bonchev–Trinajstić information content (AvgIpc) is 2.62. The Morgan fingerprint density at radius 2 is 2.23 bits per heavy atom. The lowest BCUT2D eigenvalue weighted by Gasteiger charge is -1.95. The van der Waals surface area contributed by atoms with Gasteiger partial charge in [-0.15, -0.1) is 0 Å². The molecule has 0 aliphatic heterocycles. The van der Waals surface area contributed by atoms with Crippen molar-refractivity contribution in [3.05, 3.63) is 29.1 Å². The number of nitrogens with zero attached hydrogens (tertiary/aromatic N) is 3. The minimum atomic E-state index is 0.745. The third-order valence-electron chi connectivity index (χ3n) is 1.29. The van der Waals surface area contributed by atoms with Crippen LogP contribution >= 0.6 is 27.7 Å². The fourth-order valence-electron chi connectivity index (χ4n) is 0.765. The number of H-pyrrole nitrogens is 1. The van der Waals surface area contributed by atoms with E-state index in [1.54, 1.807) is 6.20 Å². The van der Waals surface area contributed by atoms with Crippen molar-refractivity contribution < 1.29 is 0 Å². The highest BCUT2D eigenvalue weighted by Gasteiger charge is 1.99. The molecule has 0 unspecified atom stereocenters. The first-order valence-corrected chi connectivity index (χ1v) is 5.10. The minimum Gasteiger partial charge on any atom is -0.254 e. The van der Waals surface area contributed by atoms with E-state index >= 15 is 0 Å². The van der Waals surface area contributed by atoms with E-state index in [1.807, 2.05) is 12.1 Å². The van der Waals surface area contributed by atoms with Crippen molar-refractivity contribution in [1.82, 2.24) is 20.2 Å². The molecular weight excluding hydrogens is 252 g/mol. The third-order valence-corrected chi connectivity index (χ3v) is 2.60. The molecule has 0 aromatic carbocycles. The van der Waals surface area contributed by atoms with Crippen molar-refractivity contribution in [2.45, 2.75) is 10.2 Å². The molecule has 4 nitrogen and oxygen atoms in total. The Morgan fingerprint density at radius 1 is 1.31 bits per heavy atom. The highest BCUT2D eigenvalue weighted by atomic mass is 79.9. The molecular formula is C7H5BrN4S. The summed E-state index contributed by atoms with van der Waals surface area (Å²) in [7, 11) is 0. The maximum atomic E-state index is 4.18. The summed E-state index contributed by atoms with van der Waals surface area (Å²) in [6.45, 7) is 0. The fourth-order valence-corrected chi connectivity index (χ4v) is 1.64. The minimum absolute atomic E-state index is 0.745. The molecule has 0 spiro atoms. The SMILES string of the molecule is Brc1ccc(Sc2ncn[nH]2)nc1. The first kappa shape index (κ1) is 8.71. The highest BCUT2D eigenvalue weighted by molar-refractivity contribution is 9.10. The van der Waals surface area contributed by atoms with Crippen LogP contribution in [0.25, 0.3) is 0 Å². The number of halogens is 1. The molecule has 2 aromatic heterocycles. The molecule has 0 radical (unpaired) electrons. The van der Waals surface area contributed by atoms with E-state index in [0.717, 1.165) is 14.7 Å². The van der Waals surface area contributed by atoms with Crippen LogP contribution in [0, 0.1) is 0 Å². The summed E-state index contributed by atoms with van der Waals surface area (Å²) in [4.78, 5) is 8.16. The first-order chi connectivity index (χ1) is 6.34. The van der Waals surface area contributed by atoms with Gasteiger partial charge in [-0.2, -0.15) is 5.10 Å².